The smallest absolute Gasteiger partial charge is 0.182 e. The lowest BCUT2D eigenvalue weighted by atomic mass is 9.90. The van der Waals surface area contributed by atoms with Crippen molar-refractivity contribution in [1.82, 2.24) is 25.1 Å². The van der Waals surface area contributed by atoms with E-state index in [0.717, 1.165) is 39.7 Å². The zero-order valence-electron chi connectivity index (χ0n) is 19.8. The van der Waals surface area contributed by atoms with Crippen LogP contribution in [0.3, 0.4) is 0 Å². The van der Waals surface area contributed by atoms with Crippen LogP contribution in [-0.2, 0) is 11.3 Å². The van der Waals surface area contributed by atoms with Crippen LogP contribution in [0.1, 0.15) is 0 Å². The van der Waals surface area contributed by atoms with Gasteiger partial charge in [-0.1, -0.05) is 12.1 Å². The monoisotopic (exact) mass is 485 g/mol. The largest absolute Gasteiger partial charge is 0.383 e. The van der Waals surface area contributed by atoms with Crippen molar-refractivity contribution in [3.05, 3.63) is 90.9 Å². The maximum atomic E-state index is 13.9. The molecule has 0 fully saturated rings. The standard InChI is InChI=1S/C28H25F2N5O/c1-36-17-15-32-14-16-35-18-24-25(19-2-6-22(29)7-3-19)26(20-10-12-31-13-11-20)27(33-28(24)34-35)21-4-8-23(30)9-5-21/h2-13,18,32H,14-17H2,1H3. The Morgan fingerprint density at radius 2 is 1.44 bits per heavy atom. The van der Waals surface area contributed by atoms with Crippen LogP contribution in [0.4, 0.5) is 8.78 Å². The van der Waals surface area contributed by atoms with E-state index in [0.29, 0.717) is 31.0 Å². The zero-order valence-corrected chi connectivity index (χ0v) is 19.8. The summed E-state index contributed by atoms with van der Waals surface area (Å²) in [6.07, 6.45) is 5.41. The third-order valence-electron chi connectivity index (χ3n) is 5.94. The number of aromatic nitrogens is 4. The molecule has 5 aromatic rings. The van der Waals surface area contributed by atoms with Crippen LogP contribution in [0, 0.1) is 11.6 Å². The Hall–Kier alpha value is -4.01. The van der Waals surface area contributed by atoms with Crippen LogP contribution in [0.25, 0.3) is 44.5 Å². The van der Waals surface area contributed by atoms with Crippen molar-refractivity contribution < 1.29 is 13.5 Å². The van der Waals surface area contributed by atoms with Crippen molar-refractivity contribution in [2.75, 3.05) is 26.8 Å². The predicted molar refractivity (Wildman–Crippen MR) is 136 cm³/mol. The maximum absolute atomic E-state index is 13.9. The number of ether oxygens (including phenoxy) is 1. The first-order valence-corrected chi connectivity index (χ1v) is 11.7. The minimum Gasteiger partial charge on any atom is -0.383 e. The minimum absolute atomic E-state index is 0.314. The Balaban J connectivity index is 1.73. The lowest BCUT2D eigenvalue weighted by Gasteiger charge is -2.16. The number of halogens is 2. The van der Waals surface area contributed by atoms with Gasteiger partial charge < -0.3 is 10.1 Å². The SMILES string of the molecule is COCCNCCn1cc2c(-c3ccc(F)cc3)c(-c3ccncc3)c(-c3ccc(F)cc3)nc2n1. The summed E-state index contributed by atoms with van der Waals surface area (Å²) in [5.74, 6) is -0.639. The van der Waals surface area contributed by atoms with Gasteiger partial charge in [0.2, 0.25) is 0 Å². The molecule has 0 aliphatic heterocycles. The number of pyridine rings is 2. The molecule has 2 aromatic carbocycles. The average Bonchev–Trinajstić information content (AvgIpc) is 3.31. The molecule has 6 nitrogen and oxygen atoms in total. The third kappa shape index (κ3) is 5.00. The maximum Gasteiger partial charge on any atom is 0.182 e. The van der Waals surface area contributed by atoms with Gasteiger partial charge in [0.05, 0.1) is 18.8 Å². The molecule has 0 aliphatic carbocycles. The van der Waals surface area contributed by atoms with Crippen molar-refractivity contribution in [3.8, 4) is 33.5 Å². The highest BCUT2D eigenvalue weighted by molar-refractivity contribution is 6.05. The number of methoxy groups -OCH3 is 1. The summed E-state index contributed by atoms with van der Waals surface area (Å²) in [7, 11) is 1.67. The second-order valence-electron chi connectivity index (χ2n) is 8.33. The van der Waals surface area contributed by atoms with E-state index in [-0.39, 0.29) is 11.6 Å². The molecule has 36 heavy (non-hydrogen) atoms. The Labute approximate surface area is 207 Å². The van der Waals surface area contributed by atoms with Gasteiger partial charge in [-0.15, -0.1) is 0 Å². The number of hydrogen-bond donors (Lipinski definition) is 1. The van der Waals surface area contributed by atoms with E-state index in [4.69, 9.17) is 14.8 Å². The van der Waals surface area contributed by atoms with E-state index in [1.54, 1.807) is 43.8 Å². The van der Waals surface area contributed by atoms with Gasteiger partial charge in [0, 0.05) is 60.9 Å². The lowest BCUT2D eigenvalue weighted by Crippen LogP contribution is -2.23. The van der Waals surface area contributed by atoms with Gasteiger partial charge >= 0.3 is 0 Å². The molecule has 182 valence electrons. The molecule has 0 spiro atoms. The van der Waals surface area contributed by atoms with E-state index in [1.807, 2.05) is 23.0 Å². The second kappa shape index (κ2) is 10.7. The summed E-state index contributed by atoms with van der Waals surface area (Å²) >= 11 is 0. The molecular weight excluding hydrogens is 460 g/mol. The number of hydrogen-bond acceptors (Lipinski definition) is 5. The molecule has 3 aromatic heterocycles. The van der Waals surface area contributed by atoms with Gasteiger partial charge in [0.15, 0.2) is 5.65 Å². The molecule has 8 heteroatoms. The van der Waals surface area contributed by atoms with Gasteiger partial charge in [0.25, 0.3) is 0 Å². The van der Waals surface area contributed by atoms with Crippen LogP contribution in [-0.4, -0.2) is 46.6 Å². The Bertz CT molecular complexity index is 1450. The first-order chi connectivity index (χ1) is 17.6. The van der Waals surface area contributed by atoms with Gasteiger partial charge in [-0.25, -0.2) is 13.8 Å². The summed E-state index contributed by atoms with van der Waals surface area (Å²) in [5, 5.41) is 8.91. The van der Waals surface area contributed by atoms with Gasteiger partial charge in [0.1, 0.15) is 11.6 Å². The minimum atomic E-state index is -0.325. The summed E-state index contributed by atoms with van der Waals surface area (Å²) < 4.78 is 34.6. The number of benzene rings is 2. The van der Waals surface area contributed by atoms with Crippen LogP contribution in [0.2, 0.25) is 0 Å². The van der Waals surface area contributed by atoms with E-state index >= 15 is 0 Å². The van der Waals surface area contributed by atoms with Crippen molar-refractivity contribution >= 4 is 11.0 Å². The fourth-order valence-electron chi connectivity index (χ4n) is 4.23. The first kappa shape index (κ1) is 23.7. The average molecular weight is 486 g/mol. The van der Waals surface area contributed by atoms with Crippen LogP contribution < -0.4 is 5.32 Å². The topological polar surface area (TPSA) is 64.9 Å². The highest BCUT2D eigenvalue weighted by Crippen LogP contribution is 2.42. The van der Waals surface area contributed by atoms with Gasteiger partial charge in [-0.3, -0.25) is 9.67 Å². The third-order valence-corrected chi connectivity index (χ3v) is 5.94. The summed E-state index contributed by atoms with van der Waals surface area (Å²) in [6, 6.07) is 16.5. The normalized spacial score (nSPS) is 11.3. The molecular formula is C28H25F2N5O. The van der Waals surface area contributed by atoms with Crippen molar-refractivity contribution in [2.45, 2.75) is 6.54 Å². The number of fused-ring (bicyclic) bond motifs is 1. The van der Waals surface area contributed by atoms with Gasteiger partial charge in [-0.05, 0) is 59.7 Å². The molecule has 1 N–H and O–H groups in total. The zero-order chi connectivity index (χ0) is 24.9. The predicted octanol–water partition coefficient (Wildman–Crippen LogP) is 5.34. The van der Waals surface area contributed by atoms with Crippen LogP contribution in [0.5, 0.6) is 0 Å². The molecule has 5 rings (SSSR count). The molecule has 0 amide bonds. The summed E-state index contributed by atoms with van der Waals surface area (Å²) in [5.41, 5.74) is 5.43. The number of nitrogens with zero attached hydrogens (tertiary/aromatic N) is 4. The Morgan fingerprint density at radius 3 is 2.11 bits per heavy atom. The highest BCUT2D eigenvalue weighted by atomic mass is 19.1. The first-order valence-electron chi connectivity index (χ1n) is 11.7. The number of nitrogens with one attached hydrogen (secondary N) is 1. The van der Waals surface area contributed by atoms with Crippen molar-refractivity contribution in [3.63, 3.8) is 0 Å². The molecule has 0 saturated heterocycles. The molecule has 0 bridgehead atoms. The lowest BCUT2D eigenvalue weighted by molar-refractivity contribution is 0.199. The van der Waals surface area contributed by atoms with Crippen molar-refractivity contribution in [1.29, 1.82) is 0 Å². The van der Waals surface area contributed by atoms with Crippen LogP contribution in [0.15, 0.2) is 79.3 Å². The van der Waals surface area contributed by atoms with Crippen molar-refractivity contribution in [2.24, 2.45) is 0 Å². The second-order valence-corrected chi connectivity index (χ2v) is 8.33. The molecule has 0 unspecified atom stereocenters. The van der Waals surface area contributed by atoms with E-state index in [1.165, 1.54) is 24.3 Å². The molecule has 0 saturated carbocycles. The summed E-state index contributed by atoms with van der Waals surface area (Å²) in [6.45, 7) is 2.73. The molecule has 0 atom stereocenters. The molecule has 0 radical (unpaired) electrons. The highest BCUT2D eigenvalue weighted by Gasteiger charge is 2.21. The van der Waals surface area contributed by atoms with Crippen LogP contribution >= 0.6 is 0 Å². The van der Waals surface area contributed by atoms with Gasteiger partial charge in [-0.2, -0.15) is 5.10 Å². The fraction of sp³-hybridized carbons (Fsp3) is 0.179. The Morgan fingerprint density at radius 1 is 0.806 bits per heavy atom. The summed E-state index contributed by atoms with van der Waals surface area (Å²) in [4.78, 5) is 9.11. The van der Waals surface area contributed by atoms with E-state index < -0.39 is 0 Å². The van der Waals surface area contributed by atoms with E-state index in [9.17, 15) is 8.78 Å². The Kier molecular flexibility index (Phi) is 7.06. The number of rotatable bonds is 9. The molecule has 0 aliphatic rings. The molecule has 3 heterocycles. The van der Waals surface area contributed by atoms with E-state index in [2.05, 4.69) is 10.3 Å². The quantitative estimate of drug-likeness (QED) is 0.286. The fourth-order valence-corrected chi connectivity index (χ4v) is 4.23.